The van der Waals surface area contributed by atoms with E-state index in [-0.39, 0.29) is 29.1 Å². The Hall–Kier alpha value is -3.21. The van der Waals surface area contributed by atoms with Crippen LogP contribution in [-0.2, 0) is 5.85 Å². The molecule has 0 bridgehead atoms. The summed E-state index contributed by atoms with van der Waals surface area (Å²) >= 11 is 0. The smallest absolute Gasteiger partial charge is 0.346 e. The maximum Gasteiger partial charge on any atom is 0.346 e. The number of aliphatic hydroxyl groups is 1. The number of aromatic nitrogens is 4. The molecule has 0 radical (unpaired) electrons. The van der Waals surface area contributed by atoms with Crippen LogP contribution in [0.25, 0.3) is 11.2 Å². The Kier molecular flexibility index (Phi) is 2.03. The quantitative estimate of drug-likeness (QED) is 0.426. The monoisotopic (exact) mass is 285 g/mol. The number of rotatable bonds is 1. The van der Waals surface area contributed by atoms with Gasteiger partial charge in [-0.15, -0.1) is 0 Å². The summed E-state index contributed by atoms with van der Waals surface area (Å²) in [5, 5.41) is 11.0. The molecule has 1 atom stereocenters. The van der Waals surface area contributed by atoms with Crippen LogP contribution in [-0.4, -0.2) is 48.8 Å². The first-order valence-electron chi connectivity index (χ1n) is 5.87. The normalized spacial score (nSPS) is 23.3. The third-order valence-corrected chi connectivity index (χ3v) is 3.13. The van der Waals surface area contributed by atoms with Crippen molar-refractivity contribution >= 4 is 47.3 Å². The molecule has 4 rings (SSSR count). The van der Waals surface area contributed by atoms with Crippen LogP contribution >= 0.6 is 0 Å². The van der Waals surface area contributed by atoms with Crippen molar-refractivity contribution in [3.05, 3.63) is 6.20 Å². The summed E-state index contributed by atoms with van der Waals surface area (Å²) in [4.78, 5) is 26.7. The number of aliphatic imine (C=N–C) groups is 3. The minimum Gasteiger partial charge on any atom is -0.369 e. The molecule has 0 saturated carbocycles. The van der Waals surface area contributed by atoms with Crippen molar-refractivity contribution in [1.29, 1.82) is 0 Å². The molecule has 1 unspecified atom stereocenters. The van der Waals surface area contributed by atoms with Crippen LogP contribution in [0.2, 0.25) is 0 Å². The largest absolute Gasteiger partial charge is 0.369 e. The second-order valence-electron chi connectivity index (χ2n) is 4.36. The van der Waals surface area contributed by atoms with Gasteiger partial charge in [0.2, 0.25) is 17.6 Å². The highest BCUT2D eigenvalue weighted by Gasteiger charge is 2.48. The molecule has 21 heavy (non-hydrogen) atoms. The first kappa shape index (κ1) is 11.6. The third kappa shape index (κ3) is 1.42. The Bertz CT molecular complexity index is 891. The van der Waals surface area contributed by atoms with Crippen LogP contribution in [0.4, 0.5) is 11.9 Å². The number of nitrogens with zero attached hydrogens (tertiary/aromatic N) is 7. The van der Waals surface area contributed by atoms with Crippen LogP contribution in [0.5, 0.6) is 0 Å². The number of anilines is 2. The van der Waals surface area contributed by atoms with Gasteiger partial charge in [0, 0.05) is 0 Å². The molecule has 6 N–H and O–H groups in total. The highest BCUT2D eigenvalue weighted by atomic mass is 16.3. The predicted octanol–water partition coefficient (Wildman–Crippen LogP) is -3.40. The Morgan fingerprint density at radius 1 is 1.24 bits per heavy atom. The zero-order chi connectivity index (χ0) is 14.6. The lowest BCUT2D eigenvalue weighted by atomic mass is 10.2. The van der Waals surface area contributed by atoms with Gasteiger partial charge in [-0.05, 0) is 4.99 Å². The van der Waals surface area contributed by atoms with Crippen molar-refractivity contribution in [2.24, 2.45) is 15.0 Å². The Morgan fingerprint density at radius 3 is 2.95 bits per heavy atom. The van der Waals surface area contributed by atoms with Gasteiger partial charge < -0.3 is 16.6 Å². The molecule has 0 aliphatic carbocycles. The minimum absolute atomic E-state index is 0.0177. The molecule has 0 amide bonds. The number of imidazole rings is 1. The number of nitrogen functional groups attached to an aromatic ring is 2. The molecule has 0 spiro atoms. The van der Waals surface area contributed by atoms with Crippen molar-refractivity contribution in [2.45, 2.75) is 5.85 Å². The summed E-state index contributed by atoms with van der Waals surface area (Å²) in [6, 6.07) is 0. The van der Waals surface area contributed by atoms with Crippen LogP contribution in [0.15, 0.2) is 21.2 Å². The van der Waals surface area contributed by atoms with Gasteiger partial charge >= 0.3 is 5.85 Å². The van der Waals surface area contributed by atoms with Crippen molar-refractivity contribution in [3.63, 3.8) is 0 Å². The highest BCUT2D eigenvalue weighted by Crippen LogP contribution is 2.23. The molecule has 4 heterocycles. The topological polar surface area (TPSA) is 167 Å². The fourth-order valence-corrected chi connectivity index (χ4v) is 2.25. The summed E-state index contributed by atoms with van der Waals surface area (Å²) in [5.74, 6) is -1.48. The highest BCUT2D eigenvalue weighted by molar-refractivity contribution is 6.48. The molecular formula is C10H9N10O+. The van der Waals surface area contributed by atoms with E-state index in [2.05, 4.69) is 34.9 Å². The molecule has 2 aliphatic rings. The number of hydrogen-bond acceptors (Lipinski definition) is 9. The van der Waals surface area contributed by atoms with Crippen molar-refractivity contribution in [3.8, 4) is 0 Å². The van der Waals surface area contributed by atoms with E-state index in [0.29, 0.717) is 5.52 Å². The summed E-state index contributed by atoms with van der Waals surface area (Å²) in [6.45, 7) is 0. The average Bonchev–Trinajstić information content (AvgIpc) is 3.03. The fourth-order valence-electron chi connectivity index (χ4n) is 2.25. The van der Waals surface area contributed by atoms with E-state index in [4.69, 9.17) is 11.5 Å². The predicted molar refractivity (Wildman–Crippen MR) is 74.7 cm³/mol. The number of nitrogens with one attached hydrogen (secondary N) is 1. The lowest BCUT2D eigenvalue weighted by molar-refractivity contribution is -0.617. The number of amidine groups is 1. The van der Waals surface area contributed by atoms with Crippen LogP contribution in [0, 0.1) is 0 Å². The third-order valence-electron chi connectivity index (χ3n) is 3.13. The van der Waals surface area contributed by atoms with Gasteiger partial charge in [-0.3, -0.25) is 0 Å². The molecule has 0 aromatic carbocycles. The maximum atomic E-state index is 11.0. The number of fused-ring (bicyclic) bond motifs is 2. The molecule has 11 heteroatoms. The van der Waals surface area contributed by atoms with E-state index in [0.717, 1.165) is 0 Å². The Labute approximate surface area is 116 Å². The maximum absolute atomic E-state index is 11.0. The Balaban J connectivity index is 2.02. The van der Waals surface area contributed by atoms with Gasteiger partial charge in [0.25, 0.3) is 12.2 Å². The van der Waals surface area contributed by atoms with Crippen molar-refractivity contribution < 1.29 is 10.1 Å². The first-order chi connectivity index (χ1) is 10.1. The van der Waals surface area contributed by atoms with Crippen LogP contribution in [0.1, 0.15) is 0 Å². The van der Waals surface area contributed by atoms with Gasteiger partial charge in [-0.25, -0.2) is 24.5 Å². The molecule has 2 aliphatic heterocycles. The van der Waals surface area contributed by atoms with E-state index in [1.807, 2.05) is 0 Å². The SMILES string of the molecule is Nc1ncc2nc(N)n(C3(O)[NH+]=CN=C4N=CN=C43)c2n1. The number of hydrogen-bond donors (Lipinski definition) is 4. The van der Waals surface area contributed by atoms with Gasteiger partial charge in [0.05, 0.1) is 6.20 Å². The molecule has 2 aromatic heterocycles. The lowest BCUT2D eigenvalue weighted by Crippen LogP contribution is -2.89. The summed E-state index contributed by atoms with van der Waals surface area (Å²) in [6.07, 6.45) is 4.01. The van der Waals surface area contributed by atoms with Gasteiger partial charge in [0.15, 0.2) is 5.65 Å². The molecule has 104 valence electrons. The second kappa shape index (κ2) is 3.67. The van der Waals surface area contributed by atoms with E-state index in [1.54, 1.807) is 0 Å². The molecule has 0 fully saturated rings. The van der Waals surface area contributed by atoms with Gasteiger partial charge in [-0.1, -0.05) is 0 Å². The van der Waals surface area contributed by atoms with Crippen LogP contribution < -0.4 is 16.5 Å². The van der Waals surface area contributed by atoms with Gasteiger partial charge in [0.1, 0.15) is 11.9 Å². The average molecular weight is 285 g/mol. The molecular weight excluding hydrogens is 276 g/mol. The lowest BCUT2D eigenvalue weighted by Gasteiger charge is -2.23. The van der Waals surface area contributed by atoms with E-state index < -0.39 is 5.85 Å². The first-order valence-corrected chi connectivity index (χ1v) is 5.87. The summed E-state index contributed by atoms with van der Waals surface area (Å²) < 4.78 is 1.26. The van der Waals surface area contributed by atoms with Crippen molar-refractivity contribution in [2.75, 3.05) is 11.5 Å². The summed E-state index contributed by atoms with van der Waals surface area (Å²) in [7, 11) is 0. The number of nitrogens with two attached hydrogens (primary N) is 2. The fraction of sp³-hybridized carbons (Fsp3) is 0.100. The van der Waals surface area contributed by atoms with Gasteiger partial charge in [-0.2, -0.15) is 9.98 Å². The van der Waals surface area contributed by atoms with E-state index in [9.17, 15) is 5.11 Å². The standard InChI is InChI=1S/C10H8N10O/c11-8-13-1-4-7(19-8)20(9(12)18-4)10(21)5-6(15-2-14-5)16-3-17-10/h1-3,21H,(H2,12,18)(H2,11,13,19)/p+1. The zero-order valence-corrected chi connectivity index (χ0v) is 10.5. The van der Waals surface area contributed by atoms with Crippen LogP contribution in [0.3, 0.4) is 0 Å². The minimum atomic E-state index is -1.81. The molecule has 0 saturated heterocycles. The zero-order valence-electron chi connectivity index (χ0n) is 10.5. The molecule has 11 nitrogen and oxygen atoms in total. The molecule has 2 aromatic rings. The van der Waals surface area contributed by atoms with Crippen molar-refractivity contribution in [1.82, 2.24) is 19.5 Å². The van der Waals surface area contributed by atoms with E-state index in [1.165, 1.54) is 23.4 Å². The summed E-state index contributed by atoms with van der Waals surface area (Å²) in [5.41, 5.74) is 12.3. The second-order valence-corrected chi connectivity index (χ2v) is 4.36. The Morgan fingerprint density at radius 2 is 2.10 bits per heavy atom. The van der Waals surface area contributed by atoms with E-state index >= 15 is 0 Å².